The molecule has 0 spiro atoms. The van der Waals surface area contributed by atoms with Crippen LogP contribution in [0.3, 0.4) is 0 Å². The summed E-state index contributed by atoms with van der Waals surface area (Å²) in [6.45, 7) is 9.29. The molecule has 2 saturated heterocycles. The number of phosphoric ester groups is 1. The lowest BCUT2D eigenvalue weighted by Crippen LogP contribution is -2.48. The highest BCUT2D eigenvalue weighted by atomic mass is 31.2. The molecule has 6 aliphatic carbocycles. The Morgan fingerprint density at radius 2 is 0.857 bits per heavy atom. The number of rotatable bonds is 41. The van der Waals surface area contributed by atoms with Crippen LogP contribution < -0.4 is 14.2 Å². The highest BCUT2D eigenvalue weighted by molar-refractivity contribution is 7.46. The number of likely N-dealkylation sites (tertiary alicyclic amines) is 2. The lowest BCUT2D eigenvalue weighted by atomic mass is 9.73. The van der Waals surface area contributed by atoms with Crippen LogP contribution in [0.15, 0.2) is 54.6 Å². The van der Waals surface area contributed by atoms with Crippen LogP contribution in [0, 0.1) is 53.3 Å². The summed E-state index contributed by atoms with van der Waals surface area (Å²) in [5.74, 6) is -0.119. The van der Waals surface area contributed by atoms with Crippen molar-refractivity contribution in [1.29, 1.82) is 0 Å². The van der Waals surface area contributed by atoms with Gasteiger partial charge in [0.2, 0.25) is 0 Å². The number of carbonyl (C=O) groups is 6. The molecular formula is C86H129N2O23P. The molecule has 626 valence electrons. The van der Waals surface area contributed by atoms with Crippen molar-refractivity contribution >= 4 is 43.8 Å². The summed E-state index contributed by atoms with van der Waals surface area (Å²) in [5.41, 5.74) is 6.73. The molecular weight excluding hydrogens is 1460 g/mol. The number of esters is 1. The molecule has 5 fully saturated rings. The summed E-state index contributed by atoms with van der Waals surface area (Å²) in [4.78, 5) is 91.4. The number of aliphatic carboxylic acids is 4. The first-order chi connectivity index (χ1) is 53.9. The monoisotopic (exact) mass is 1590 g/mol. The number of aliphatic hydroxyl groups is 3. The fraction of sp³-hybridized carbons (Fsp3) is 0.721. The van der Waals surface area contributed by atoms with E-state index in [1.807, 2.05) is 41.3 Å². The number of hydrogen-bond donors (Lipinski definition) is 9. The maximum Gasteiger partial charge on any atom is 0.469 e. The van der Waals surface area contributed by atoms with Gasteiger partial charge in [0, 0.05) is 19.1 Å². The van der Waals surface area contributed by atoms with E-state index in [1.54, 1.807) is 0 Å². The number of carbonyl (C=O) groups excluding carboxylic acids is 2. The molecule has 9 N–H and O–H groups in total. The van der Waals surface area contributed by atoms with E-state index in [2.05, 4.69) is 48.4 Å². The second-order valence-corrected chi connectivity index (χ2v) is 34.2. The van der Waals surface area contributed by atoms with Crippen LogP contribution in [0.1, 0.15) is 234 Å². The first-order valence-corrected chi connectivity index (χ1v) is 43.7. The normalized spacial score (nSPS) is 25.3. The molecule has 0 aromatic heterocycles. The van der Waals surface area contributed by atoms with Crippen LogP contribution >= 0.6 is 7.82 Å². The Morgan fingerprint density at radius 3 is 1.24 bits per heavy atom. The molecule has 1 amide bonds. The topological polar surface area (TPSA) is 373 Å². The van der Waals surface area contributed by atoms with Gasteiger partial charge in [-0.15, -0.1) is 0 Å². The third kappa shape index (κ3) is 27.4. The third-order valence-corrected chi connectivity index (χ3v) is 25.9. The molecule has 15 atom stereocenters. The molecule has 3 aromatic rings. The minimum absolute atomic E-state index is 0.0416. The zero-order valence-corrected chi connectivity index (χ0v) is 67.3. The average molecular weight is 1590 g/mol. The maximum atomic E-state index is 13.3. The Hall–Kier alpha value is -6.41. The van der Waals surface area contributed by atoms with Gasteiger partial charge in [-0.25, -0.2) is 23.7 Å². The Kier molecular flexibility index (Phi) is 36.1. The van der Waals surface area contributed by atoms with Gasteiger partial charge in [0.15, 0.2) is 19.8 Å². The van der Waals surface area contributed by atoms with Gasteiger partial charge in [-0.2, -0.15) is 0 Å². The third-order valence-electron chi connectivity index (χ3n) is 25.4. The van der Waals surface area contributed by atoms with Gasteiger partial charge in [-0.3, -0.25) is 14.1 Å². The van der Waals surface area contributed by atoms with Crippen molar-refractivity contribution in [1.82, 2.24) is 9.80 Å². The predicted octanol–water partition coefficient (Wildman–Crippen LogP) is 13.4. The number of hydrogen-bond acceptors (Lipinski definition) is 18. The number of piperidine rings is 2. The second-order valence-electron chi connectivity index (χ2n) is 33.0. The molecule has 26 heteroatoms. The van der Waals surface area contributed by atoms with E-state index in [1.165, 1.54) is 43.5 Å². The number of phosphoric acid groups is 1. The van der Waals surface area contributed by atoms with Crippen molar-refractivity contribution in [2.45, 2.75) is 282 Å². The van der Waals surface area contributed by atoms with Crippen LogP contribution in [0.4, 0.5) is 4.79 Å². The van der Waals surface area contributed by atoms with Crippen molar-refractivity contribution in [2.24, 2.45) is 53.3 Å². The zero-order chi connectivity index (χ0) is 80.3. The number of benzene rings is 3. The van der Waals surface area contributed by atoms with Gasteiger partial charge in [0.25, 0.3) is 0 Å². The largest absolute Gasteiger partial charge is 0.482 e. The molecule has 8 aliphatic rings. The number of unbranched alkanes of at least 4 members (excludes halogenated alkanes) is 6. The molecule has 2 aliphatic heterocycles. The van der Waals surface area contributed by atoms with Gasteiger partial charge >= 0.3 is 43.8 Å². The molecule has 3 aromatic carbocycles. The number of nitrogens with zero attached hydrogens (tertiary/aromatic N) is 2. The zero-order valence-electron chi connectivity index (χ0n) is 66.4. The maximum absolute atomic E-state index is 13.3. The van der Waals surface area contributed by atoms with Gasteiger partial charge in [0.05, 0.1) is 50.5 Å². The van der Waals surface area contributed by atoms with Crippen molar-refractivity contribution in [3.63, 3.8) is 0 Å². The highest BCUT2D eigenvalue weighted by Gasteiger charge is 2.48. The molecule has 112 heavy (non-hydrogen) atoms. The van der Waals surface area contributed by atoms with Crippen molar-refractivity contribution in [3.05, 3.63) is 88.0 Å². The van der Waals surface area contributed by atoms with E-state index >= 15 is 0 Å². The minimum atomic E-state index is -4.50. The molecule has 0 bridgehead atoms. The quantitative estimate of drug-likeness (QED) is 0.0145. The van der Waals surface area contributed by atoms with Gasteiger partial charge in [-0.05, 0) is 272 Å². The summed E-state index contributed by atoms with van der Waals surface area (Å²) in [6.07, 6.45) is 27.7. The van der Waals surface area contributed by atoms with Crippen LogP contribution in [0.25, 0.3) is 0 Å². The molecule has 25 nitrogen and oxygen atoms in total. The minimum Gasteiger partial charge on any atom is -0.482 e. The SMILES string of the molecule is CCCCC[C@@H](CC[C@@H]1[C@H]2Cc3cccc(OCC(=O)O)c3C[C@H]2C[C@H]1O)OC(=O)CCC(=O)O.CCCCC[C@@H](CC[C@@H]1[C@H]2Cc3cccc(OCC(=O)O)c3C[C@H]2C[C@H]1O)OC(=O)N1CCC(N2CCCCC2)CC1.CCCCC[C@@H](CC[C@@H]1[C@H]2Cc3cccc(OCC(=O)O)c3C[C@H]2C[C@H]1O)OCCOP(=O)(O)O. The summed E-state index contributed by atoms with van der Waals surface area (Å²) in [6, 6.07) is 18.1. The van der Waals surface area contributed by atoms with Gasteiger partial charge in [-0.1, -0.05) is 109 Å². The van der Waals surface area contributed by atoms with E-state index in [-0.39, 0.29) is 94.1 Å². The van der Waals surface area contributed by atoms with Crippen molar-refractivity contribution < 1.29 is 112 Å². The number of carboxylic acid groups (broad SMARTS) is 4. The summed E-state index contributed by atoms with van der Waals surface area (Å²) < 4.78 is 49.8. The number of amides is 1. The Morgan fingerprint density at radius 1 is 0.464 bits per heavy atom. The van der Waals surface area contributed by atoms with E-state index in [4.69, 9.17) is 58.6 Å². The van der Waals surface area contributed by atoms with Crippen LogP contribution in [0.5, 0.6) is 17.2 Å². The van der Waals surface area contributed by atoms with Crippen LogP contribution in [-0.2, 0) is 85.8 Å². The van der Waals surface area contributed by atoms with E-state index in [0.717, 1.165) is 209 Å². The van der Waals surface area contributed by atoms with Gasteiger partial charge < -0.3 is 83.8 Å². The molecule has 11 rings (SSSR count). The predicted molar refractivity (Wildman–Crippen MR) is 419 cm³/mol. The number of aliphatic hydroxyl groups excluding tert-OH is 3. The Balaban J connectivity index is 0.000000194. The fourth-order valence-electron chi connectivity index (χ4n) is 19.8. The first kappa shape index (κ1) is 89.5. The molecule has 3 saturated carbocycles. The summed E-state index contributed by atoms with van der Waals surface area (Å²) >= 11 is 0. The first-order valence-electron chi connectivity index (χ1n) is 42.2. The highest BCUT2D eigenvalue weighted by Crippen LogP contribution is 2.52. The average Bonchev–Trinajstić information content (AvgIpc) is 1.60. The van der Waals surface area contributed by atoms with Crippen LogP contribution in [0.2, 0.25) is 0 Å². The van der Waals surface area contributed by atoms with Crippen LogP contribution in [-0.4, -0.2) is 193 Å². The smallest absolute Gasteiger partial charge is 0.469 e. The fourth-order valence-corrected chi connectivity index (χ4v) is 20.1. The van der Waals surface area contributed by atoms with E-state index in [9.17, 15) is 48.7 Å². The standard InChI is InChI=1S/C34H52N2O6.C27H38O8.C25H39O9P/c1-2-3-5-10-27(42-34(40)36-18-14-26(15-19-36)35-16-6-4-7-17-35)12-13-28-29-20-24-9-8-11-32(41-23-33(38)39)30(24)21-25(29)22-31(28)37;1-2-3-4-7-19(35-27(33)12-11-25(29)30)9-10-20-21-13-17-6-5-8-24(34-16-26(31)32)22(17)14-18(21)15-23(20)28;1-2-3-4-7-19(32-11-12-34-35(29,30)31)9-10-20-21-13-17-6-5-8-24(33-16-25(27)28)22(17)14-18(21)15-23(20)26/h8-9,11,25-29,31,37H,2-7,10,12-23H2,1H3,(H,38,39);5-6,8,18-21,23,28H,2-4,7,9-16H2,1H3,(H,29,30)(H,31,32);5-6,8,18-21,23,26H,2-4,7,9-16H2,1H3,(H,27,28)(H2,29,30,31)/t25-,27-,28+,29-,31+;2*18-,19-,20+,21-,23+/m000/s1. The Bertz CT molecular complexity index is 3500. The van der Waals surface area contributed by atoms with E-state index in [0.29, 0.717) is 71.6 Å². The van der Waals surface area contributed by atoms with Crippen molar-refractivity contribution in [3.8, 4) is 17.2 Å². The number of ether oxygens (including phenoxy) is 6. The second kappa shape index (κ2) is 45.2. The van der Waals surface area contributed by atoms with Gasteiger partial charge in [0.1, 0.15) is 29.5 Å². The summed E-state index contributed by atoms with van der Waals surface area (Å²) in [5, 5.41) is 68.8. The summed E-state index contributed by atoms with van der Waals surface area (Å²) in [7, 11) is -4.50. The number of fused-ring (bicyclic) bond motifs is 6. The Labute approximate surface area is 661 Å². The molecule has 2 heterocycles. The lowest BCUT2D eigenvalue weighted by molar-refractivity contribution is -0.153. The molecule has 0 unspecified atom stereocenters. The van der Waals surface area contributed by atoms with Crippen molar-refractivity contribution in [2.75, 3.05) is 59.2 Å². The molecule has 0 radical (unpaired) electrons. The lowest BCUT2D eigenvalue weighted by Gasteiger charge is -2.40. The number of carboxylic acids is 4. The van der Waals surface area contributed by atoms with E-state index < -0.39 is 49.9 Å².